The fraction of sp³-hybridized carbons (Fsp3) is 0.765. The molecule has 0 fully saturated rings. The summed E-state index contributed by atoms with van der Waals surface area (Å²) in [4.78, 5) is 0. The van der Waals surface area contributed by atoms with Gasteiger partial charge in [-0.25, -0.2) is 0 Å². The van der Waals surface area contributed by atoms with Gasteiger partial charge in [0.1, 0.15) is 0 Å². The first-order valence-electron chi connectivity index (χ1n) is 8.23. The Morgan fingerprint density at radius 2 is 1.63 bits per heavy atom. The van der Waals surface area contributed by atoms with Crippen LogP contribution in [0.4, 0.5) is 0 Å². The van der Waals surface area contributed by atoms with Gasteiger partial charge in [-0.3, -0.25) is 0 Å². The second kappa shape index (κ2) is 11.1. The maximum atomic E-state index is 3.55. The van der Waals surface area contributed by atoms with E-state index in [0.29, 0.717) is 0 Å². The number of hydrogen-bond acceptors (Lipinski definition) is 1. The van der Waals surface area contributed by atoms with Gasteiger partial charge >= 0.3 is 0 Å². The SMILES string of the molecule is CCCCCCCCCCNCc1cccn1CC. The molecule has 1 aromatic heterocycles. The first kappa shape index (κ1) is 16.3. The monoisotopic (exact) mass is 264 g/mol. The quantitative estimate of drug-likeness (QED) is 0.540. The molecule has 0 unspecified atom stereocenters. The smallest absolute Gasteiger partial charge is 0.0359 e. The van der Waals surface area contributed by atoms with E-state index < -0.39 is 0 Å². The Morgan fingerprint density at radius 1 is 0.947 bits per heavy atom. The number of nitrogens with zero attached hydrogens (tertiary/aromatic N) is 1. The van der Waals surface area contributed by atoms with Gasteiger partial charge in [-0.1, -0.05) is 51.9 Å². The second-order valence-corrected chi connectivity index (χ2v) is 5.44. The Bertz CT molecular complexity index is 304. The molecule has 2 nitrogen and oxygen atoms in total. The van der Waals surface area contributed by atoms with E-state index in [1.165, 1.54) is 57.1 Å². The molecule has 0 bridgehead atoms. The molecular formula is C17H32N2. The van der Waals surface area contributed by atoms with Crippen molar-refractivity contribution in [1.29, 1.82) is 0 Å². The Labute approximate surface area is 119 Å². The van der Waals surface area contributed by atoms with Crippen molar-refractivity contribution in [3.8, 4) is 0 Å². The van der Waals surface area contributed by atoms with Gasteiger partial charge in [0.2, 0.25) is 0 Å². The highest BCUT2D eigenvalue weighted by Crippen LogP contribution is 2.08. The predicted octanol–water partition coefficient (Wildman–Crippen LogP) is 4.74. The normalized spacial score (nSPS) is 11.1. The van der Waals surface area contributed by atoms with Crippen molar-refractivity contribution in [2.75, 3.05) is 6.54 Å². The minimum atomic E-state index is 1.01. The van der Waals surface area contributed by atoms with Crippen molar-refractivity contribution in [2.45, 2.75) is 78.3 Å². The third-order valence-electron chi connectivity index (χ3n) is 3.78. The number of aromatic nitrogens is 1. The van der Waals surface area contributed by atoms with Gasteiger partial charge in [-0.15, -0.1) is 0 Å². The van der Waals surface area contributed by atoms with E-state index in [1.54, 1.807) is 0 Å². The predicted molar refractivity (Wildman–Crippen MR) is 84.4 cm³/mol. The van der Waals surface area contributed by atoms with Crippen molar-refractivity contribution < 1.29 is 0 Å². The van der Waals surface area contributed by atoms with Crippen molar-refractivity contribution in [3.05, 3.63) is 24.0 Å². The fourth-order valence-electron chi connectivity index (χ4n) is 2.52. The molecule has 1 aromatic rings. The maximum Gasteiger partial charge on any atom is 0.0359 e. The topological polar surface area (TPSA) is 17.0 Å². The first-order chi connectivity index (χ1) is 9.38. The molecule has 0 atom stereocenters. The van der Waals surface area contributed by atoms with Gasteiger partial charge in [0.05, 0.1) is 0 Å². The number of hydrogen-bond donors (Lipinski definition) is 1. The number of rotatable bonds is 12. The molecule has 0 saturated carbocycles. The lowest BCUT2D eigenvalue weighted by Crippen LogP contribution is -2.17. The molecule has 0 aromatic carbocycles. The molecule has 0 radical (unpaired) electrons. The van der Waals surface area contributed by atoms with E-state index >= 15 is 0 Å². The van der Waals surface area contributed by atoms with Gasteiger partial charge < -0.3 is 9.88 Å². The molecule has 1 heterocycles. The number of aryl methyl sites for hydroxylation is 1. The van der Waals surface area contributed by atoms with Crippen LogP contribution in [-0.4, -0.2) is 11.1 Å². The second-order valence-electron chi connectivity index (χ2n) is 5.44. The summed E-state index contributed by atoms with van der Waals surface area (Å²) in [6.45, 7) is 7.71. The molecule has 1 rings (SSSR count). The van der Waals surface area contributed by atoms with E-state index in [1.807, 2.05) is 0 Å². The van der Waals surface area contributed by atoms with Crippen LogP contribution >= 0.6 is 0 Å². The molecule has 0 amide bonds. The highest BCUT2D eigenvalue weighted by Gasteiger charge is 1.97. The van der Waals surface area contributed by atoms with Gasteiger partial charge in [0.15, 0.2) is 0 Å². The van der Waals surface area contributed by atoms with Gasteiger partial charge in [-0.2, -0.15) is 0 Å². The van der Waals surface area contributed by atoms with Crippen LogP contribution in [0.15, 0.2) is 18.3 Å². The van der Waals surface area contributed by atoms with Crippen molar-refractivity contribution in [2.24, 2.45) is 0 Å². The summed E-state index contributed by atoms with van der Waals surface area (Å²) in [7, 11) is 0. The van der Waals surface area contributed by atoms with Gasteiger partial charge in [0, 0.05) is 25.0 Å². The average Bonchev–Trinajstić information content (AvgIpc) is 2.88. The highest BCUT2D eigenvalue weighted by atomic mass is 15.0. The van der Waals surface area contributed by atoms with Crippen molar-refractivity contribution in [1.82, 2.24) is 9.88 Å². The summed E-state index contributed by atoms with van der Waals surface area (Å²) in [5.41, 5.74) is 1.40. The highest BCUT2D eigenvalue weighted by molar-refractivity contribution is 5.06. The summed E-state index contributed by atoms with van der Waals surface area (Å²) >= 11 is 0. The summed E-state index contributed by atoms with van der Waals surface area (Å²) in [5, 5.41) is 3.55. The van der Waals surface area contributed by atoms with Crippen LogP contribution in [0.3, 0.4) is 0 Å². The third-order valence-corrected chi connectivity index (χ3v) is 3.78. The zero-order valence-corrected chi connectivity index (χ0v) is 13.0. The Hall–Kier alpha value is -0.760. The maximum absolute atomic E-state index is 3.55. The number of unbranched alkanes of at least 4 members (excludes halogenated alkanes) is 7. The lowest BCUT2D eigenvalue weighted by Gasteiger charge is -2.08. The minimum absolute atomic E-state index is 1.01. The molecule has 0 saturated heterocycles. The van der Waals surface area contributed by atoms with Crippen LogP contribution in [0.5, 0.6) is 0 Å². The van der Waals surface area contributed by atoms with Gasteiger partial charge in [0.25, 0.3) is 0 Å². The number of nitrogens with one attached hydrogen (secondary N) is 1. The largest absolute Gasteiger partial charge is 0.351 e. The van der Waals surface area contributed by atoms with E-state index in [-0.39, 0.29) is 0 Å². The van der Waals surface area contributed by atoms with E-state index in [9.17, 15) is 0 Å². The van der Waals surface area contributed by atoms with Crippen LogP contribution in [0, 0.1) is 0 Å². The van der Waals surface area contributed by atoms with Crippen LogP contribution in [0.25, 0.3) is 0 Å². The van der Waals surface area contributed by atoms with Crippen LogP contribution in [-0.2, 0) is 13.1 Å². The fourth-order valence-corrected chi connectivity index (χ4v) is 2.52. The van der Waals surface area contributed by atoms with E-state index in [2.05, 4.69) is 42.1 Å². The third kappa shape index (κ3) is 7.41. The summed E-state index contributed by atoms with van der Waals surface area (Å²) < 4.78 is 2.31. The lowest BCUT2D eigenvalue weighted by atomic mass is 10.1. The van der Waals surface area contributed by atoms with Crippen molar-refractivity contribution in [3.63, 3.8) is 0 Å². The molecule has 19 heavy (non-hydrogen) atoms. The molecule has 1 N–H and O–H groups in total. The lowest BCUT2D eigenvalue weighted by molar-refractivity contribution is 0.548. The molecule has 0 aliphatic heterocycles. The molecule has 0 aliphatic carbocycles. The minimum Gasteiger partial charge on any atom is -0.351 e. The summed E-state index contributed by atoms with van der Waals surface area (Å²) in [6, 6.07) is 4.35. The first-order valence-corrected chi connectivity index (χ1v) is 8.23. The average molecular weight is 264 g/mol. The Morgan fingerprint density at radius 3 is 2.32 bits per heavy atom. The zero-order valence-electron chi connectivity index (χ0n) is 13.0. The molecule has 2 heteroatoms. The molecule has 0 aliphatic rings. The molecule has 0 spiro atoms. The Balaban J connectivity index is 1.89. The zero-order chi connectivity index (χ0) is 13.8. The summed E-state index contributed by atoms with van der Waals surface area (Å²) in [5.74, 6) is 0. The standard InChI is InChI=1S/C17H32N2/c1-3-5-6-7-8-9-10-11-14-18-16-17-13-12-15-19(17)4-2/h12-13,15,18H,3-11,14,16H2,1-2H3. The molecule has 110 valence electrons. The van der Waals surface area contributed by atoms with Crippen molar-refractivity contribution >= 4 is 0 Å². The van der Waals surface area contributed by atoms with Crippen LogP contribution in [0.2, 0.25) is 0 Å². The van der Waals surface area contributed by atoms with E-state index in [0.717, 1.165) is 19.6 Å². The summed E-state index contributed by atoms with van der Waals surface area (Å²) in [6.07, 6.45) is 13.3. The van der Waals surface area contributed by atoms with Gasteiger partial charge in [-0.05, 0) is 32.0 Å². The van der Waals surface area contributed by atoms with Crippen LogP contribution < -0.4 is 5.32 Å². The van der Waals surface area contributed by atoms with Crippen LogP contribution in [0.1, 0.15) is 70.9 Å². The Kier molecular flexibility index (Phi) is 9.52. The van der Waals surface area contributed by atoms with E-state index in [4.69, 9.17) is 0 Å². The molecular weight excluding hydrogens is 232 g/mol.